The largest absolute Gasteiger partial charge is 0.398 e. The van der Waals surface area contributed by atoms with Crippen LogP contribution in [0.5, 0.6) is 0 Å². The topological polar surface area (TPSA) is 61.5 Å². The van der Waals surface area contributed by atoms with Crippen molar-refractivity contribution in [2.75, 3.05) is 18.9 Å². The lowest BCUT2D eigenvalue weighted by molar-refractivity contribution is 0.230. The summed E-state index contributed by atoms with van der Waals surface area (Å²) in [4.78, 5) is 0. The fourth-order valence-electron chi connectivity index (χ4n) is 1.43. The van der Waals surface area contributed by atoms with E-state index in [9.17, 15) is 8.96 Å². The van der Waals surface area contributed by atoms with Crippen molar-refractivity contribution in [1.29, 1.82) is 0 Å². The second-order valence-electron chi connectivity index (χ2n) is 3.36. The number of hydrogen-bond acceptors (Lipinski definition) is 4. The van der Waals surface area contributed by atoms with E-state index in [0.29, 0.717) is 5.56 Å². The first-order chi connectivity index (χ1) is 8.07. The van der Waals surface area contributed by atoms with Gasteiger partial charge in [0.2, 0.25) is 0 Å². The third-order valence-electron chi connectivity index (χ3n) is 2.14. The molecule has 2 N–H and O–H groups in total. The molecule has 0 aliphatic rings. The van der Waals surface area contributed by atoms with Gasteiger partial charge in [0.25, 0.3) is 0 Å². The Bertz CT molecular complexity index is 415. The highest BCUT2D eigenvalue weighted by Gasteiger charge is 2.29. The summed E-state index contributed by atoms with van der Waals surface area (Å²) >= 11 is 0. The molecular weight excluding hydrogens is 244 g/mol. The molecule has 0 aliphatic carbocycles. The zero-order chi connectivity index (χ0) is 12.9. The van der Waals surface area contributed by atoms with Crippen LogP contribution in [0.2, 0.25) is 0 Å². The van der Waals surface area contributed by atoms with Crippen LogP contribution in [0.15, 0.2) is 18.2 Å². The lowest BCUT2D eigenvalue weighted by Crippen LogP contribution is -2.15. The normalized spacial score (nSPS) is 11.7. The number of rotatable bonds is 6. The standard InChI is InChI=1S/C11H17FNO3P/c1-3-15-17(14,16-4-2)11-7-9(8-12)5-6-10(11)13/h5-7H,3-4,8,13H2,1-2H3. The van der Waals surface area contributed by atoms with Crippen molar-refractivity contribution in [3.63, 3.8) is 0 Å². The van der Waals surface area contributed by atoms with Crippen LogP contribution in [0.3, 0.4) is 0 Å². The highest BCUT2D eigenvalue weighted by Crippen LogP contribution is 2.48. The second kappa shape index (κ2) is 6.15. The molecular formula is C11H17FNO3P. The summed E-state index contributed by atoms with van der Waals surface area (Å²) in [6.07, 6.45) is 0. The third-order valence-corrected chi connectivity index (χ3v) is 4.32. The van der Waals surface area contributed by atoms with Crippen molar-refractivity contribution in [3.8, 4) is 0 Å². The molecule has 0 unspecified atom stereocenters. The Balaban J connectivity index is 3.21. The van der Waals surface area contributed by atoms with Gasteiger partial charge in [-0.25, -0.2) is 4.39 Å². The zero-order valence-electron chi connectivity index (χ0n) is 9.98. The lowest BCUT2D eigenvalue weighted by atomic mass is 10.2. The van der Waals surface area contributed by atoms with Crippen molar-refractivity contribution in [2.24, 2.45) is 0 Å². The Morgan fingerprint density at radius 1 is 1.29 bits per heavy atom. The molecule has 17 heavy (non-hydrogen) atoms. The van der Waals surface area contributed by atoms with Crippen molar-refractivity contribution < 1.29 is 18.0 Å². The summed E-state index contributed by atoms with van der Waals surface area (Å²) in [6.45, 7) is 3.24. The third kappa shape index (κ3) is 3.28. The minimum Gasteiger partial charge on any atom is -0.398 e. The Morgan fingerprint density at radius 3 is 2.35 bits per heavy atom. The van der Waals surface area contributed by atoms with E-state index in [4.69, 9.17) is 14.8 Å². The van der Waals surface area contributed by atoms with Crippen LogP contribution in [0.25, 0.3) is 0 Å². The van der Waals surface area contributed by atoms with Gasteiger partial charge >= 0.3 is 7.60 Å². The first-order valence-electron chi connectivity index (χ1n) is 5.41. The molecule has 0 spiro atoms. The molecule has 96 valence electrons. The minimum absolute atomic E-state index is 0.233. The fraction of sp³-hybridized carbons (Fsp3) is 0.455. The monoisotopic (exact) mass is 261 g/mol. The number of hydrogen-bond donors (Lipinski definition) is 1. The molecule has 0 atom stereocenters. The predicted molar refractivity (Wildman–Crippen MR) is 66.2 cm³/mol. The van der Waals surface area contributed by atoms with Crippen molar-refractivity contribution >= 4 is 18.6 Å². The summed E-state index contributed by atoms with van der Waals surface area (Å²) in [5.41, 5.74) is 6.42. The Hall–Kier alpha value is -0.900. The molecule has 1 rings (SSSR count). The molecule has 6 heteroatoms. The van der Waals surface area contributed by atoms with E-state index in [1.807, 2.05) is 0 Å². The van der Waals surface area contributed by atoms with Crippen LogP contribution in [0, 0.1) is 0 Å². The summed E-state index contributed by atoms with van der Waals surface area (Å²) in [6, 6.07) is 4.48. The SMILES string of the molecule is CCOP(=O)(OCC)c1cc(CF)ccc1N. The molecule has 0 heterocycles. The van der Waals surface area contributed by atoms with Crippen LogP contribution in [-0.2, 0) is 20.3 Å². The van der Waals surface area contributed by atoms with Crippen molar-refractivity contribution in [2.45, 2.75) is 20.5 Å². The minimum atomic E-state index is -3.44. The molecule has 0 aliphatic heterocycles. The van der Waals surface area contributed by atoms with Crippen LogP contribution in [0.4, 0.5) is 10.1 Å². The first kappa shape index (κ1) is 14.2. The van der Waals surface area contributed by atoms with Gasteiger partial charge in [-0.2, -0.15) is 0 Å². The number of anilines is 1. The maximum absolute atomic E-state index is 12.6. The van der Waals surface area contributed by atoms with Crippen LogP contribution >= 0.6 is 7.60 Å². The molecule has 0 radical (unpaired) electrons. The van der Waals surface area contributed by atoms with Gasteiger partial charge < -0.3 is 14.8 Å². The Kier molecular flexibility index (Phi) is 5.12. The highest BCUT2D eigenvalue weighted by atomic mass is 31.2. The van der Waals surface area contributed by atoms with Crippen molar-refractivity contribution in [3.05, 3.63) is 23.8 Å². The van der Waals surface area contributed by atoms with Gasteiger partial charge in [0.15, 0.2) is 0 Å². The first-order valence-corrected chi connectivity index (χ1v) is 6.95. The van der Waals surface area contributed by atoms with E-state index in [0.717, 1.165) is 0 Å². The van der Waals surface area contributed by atoms with Gasteiger partial charge in [-0.1, -0.05) is 6.07 Å². The molecule has 0 saturated carbocycles. The number of alkyl halides is 1. The molecule has 0 fully saturated rings. The maximum Gasteiger partial charge on any atom is 0.363 e. The lowest BCUT2D eigenvalue weighted by Gasteiger charge is -2.19. The smallest absolute Gasteiger partial charge is 0.363 e. The Morgan fingerprint density at radius 2 is 1.88 bits per heavy atom. The maximum atomic E-state index is 12.6. The molecule has 0 bridgehead atoms. The fourth-order valence-corrected chi connectivity index (χ4v) is 3.17. The number of nitrogens with two attached hydrogens (primary N) is 1. The van der Waals surface area contributed by atoms with Crippen LogP contribution in [0.1, 0.15) is 19.4 Å². The average Bonchev–Trinajstić information content (AvgIpc) is 2.30. The molecule has 0 amide bonds. The summed E-state index contributed by atoms with van der Waals surface area (Å²) in [7, 11) is -3.44. The van der Waals surface area contributed by atoms with Crippen LogP contribution < -0.4 is 11.0 Å². The average molecular weight is 261 g/mol. The van der Waals surface area contributed by atoms with E-state index in [1.165, 1.54) is 12.1 Å². The second-order valence-corrected chi connectivity index (χ2v) is 5.35. The molecule has 4 nitrogen and oxygen atoms in total. The van der Waals surface area contributed by atoms with E-state index >= 15 is 0 Å². The van der Waals surface area contributed by atoms with Gasteiger partial charge in [0.1, 0.15) is 6.67 Å². The quantitative estimate of drug-likeness (QED) is 0.631. The summed E-state index contributed by atoms with van der Waals surface area (Å²) < 4.78 is 35.4. The van der Waals surface area contributed by atoms with Gasteiger partial charge in [0.05, 0.1) is 18.5 Å². The van der Waals surface area contributed by atoms with Gasteiger partial charge in [-0.05, 0) is 31.5 Å². The molecule has 1 aromatic carbocycles. The zero-order valence-corrected chi connectivity index (χ0v) is 10.9. The van der Waals surface area contributed by atoms with Gasteiger partial charge in [-0.15, -0.1) is 0 Å². The van der Waals surface area contributed by atoms with Gasteiger partial charge in [0, 0.05) is 5.69 Å². The molecule has 0 saturated heterocycles. The number of halogens is 1. The van der Waals surface area contributed by atoms with Crippen LogP contribution in [-0.4, -0.2) is 13.2 Å². The van der Waals surface area contributed by atoms with Crippen molar-refractivity contribution in [1.82, 2.24) is 0 Å². The van der Waals surface area contributed by atoms with E-state index in [-0.39, 0.29) is 24.2 Å². The number of benzene rings is 1. The van der Waals surface area contributed by atoms with E-state index in [2.05, 4.69) is 0 Å². The summed E-state index contributed by atoms with van der Waals surface area (Å²) in [5.74, 6) is 0. The molecule has 0 aromatic heterocycles. The summed E-state index contributed by atoms with van der Waals surface area (Å²) in [5, 5.41) is 0.233. The van der Waals surface area contributed by atoms with Gasteiger partial charge in [-0.3, -0.25) is 4.57 Å². The van der Waals surface area contributed by atoms with E-state index in [1.54, 1.807) is 19.9 Å². The molecule has 1 aromatic rings. The highest BCUT2D eigenvalue weighted by molar-refractivity contribution is 7.62. The predicted octanol–water partition coefficient (Wildman–Crippen LogP) is 2.63. The Labute approximate surface area is 100 Å². The van der Waals surface area contributed by atoms with E-state index < -0.39 is 14.3 Å². The number of nitrogen functional groups attached to an aromatic ring is 1.